The molecule has 4 unspecified atom stereocenters. The molecule has 0 saturated carbocycles. The Hall–Kier alpha value is -2.06. The minimum absolute atomic E-state index is 0.000439. The Balaban J connectivity index is 1.84. The van der Waals surface area contributed by atoms with E-state index < -0.39 is 5.54 Å². The second kappa shape index (κ2) is 11.0. The van der Waals surface area contributed by atoms with Crippen LogP contribution in [0.3, 0.4) is 0 Å². The lowest BCUT2D eigenvalue weighted by Gasteiger charge is -2.38. The van der Waals surface area contributed by atoms with E-state index in [1.807, 2.05) is 11.9 Å². The SMILES string of the molecule is Cc1ccc(C2=NN(c3ccc(P)cc3P)C(C)(C(=O)NCCCC(C)(C)C)C2c2ccsc2)c(C)c1. The summed E-state index contributed by atoms with van der Waals surface area (Å²) >= 11 is 1.66. The number of hydrogen-bond donors (Lipinski definition) is 1. The zero-order valence-electron chi connectivity index (χ0n) is 22.8. The summed E-state index contributed by atoms with van der Waals surface area (Å²) in [5.74, 6) is -0.219. The zero-order chi connectivity index (χ0) is 27.0. The van der Waals surface area contributed by atoms with Crippen LogP contribution in [0.5, 0.6) is 0 Å². The van der Waals surface area contributed by atoms with Crippen molar-refractivity contribution in [3.63, 3.8) is 0 Å². The molecule has 0 radical (unpaired) electrons. The van der Waals surface area contributed by atoms with Gasteiger partial charge in [0.25, 0.3) is 0 Å². The lowest BCUT2D eigenvalue weighted by atomic mass is 9.75. The Kier molecular flexibility index (Phi) is 8.29. The number of aryl methyl sites for hydroxylation is 2. The van der Waals surface area contributed by atoms with Gasteiger partial charge in [-0.05, 0) is 89.7 Å². The van der Waals surface area contributed by atoms with Gasteiger partial charge in [0.05, 0.1) is 17.3 Å². The summed E-state index contributed by atoms with van der Waals surface area (Å²) < 4.78 is 0. The van der Waals surface area contributed by atoms with Crippen LogP contribution in [0.4, 0.5) is 5.69 Å². The first-order chi connectivity index (χ1) is 17.4. The summed E-state index contributed by atoms with van der Waals surface area (Å²) in [6.07, 6.45) is 1.99. The smallest absolute Gasteiger partial charge is 0.248 e. The van der Waals surface area contributed by atoms with Crippen LogP contribution >= 0.6 is 29.8 Å². The molecule has 37 heavy (non-hydrogen) atoms. The summed E-state index contributed by atoms with van der Waals surface area (Å²) in [4.78, 5) is 14.2. The first-order valence-electron chi connectivity index (χ1n) is 12.8. The number of nitrogens with one attached hydrogen (secondary N) is 1. The topological polar surface area (TPSA) is 44.7 Å². The number of nitrogens with zero attached hydrogens (tertiary/aromatic N) is 2. The van der Waals surface area contributed by atoms with Gasteiger partial charge in [-0.2, -0.15) is 16.4 Å². The average molecular weight is 552 g/mol. The van der Waals surface area contributed by atoms with Crippen molar-refractivity contribution in [2.24, 2.45) is 10.5 Å². The summed E-state index contributed by atoms with van der Waals surface area (Å²) in [6.45, 7) is 13.6. The fraction of sp³-hybridized carbons (Fsp3) is 0.400. The molecule has 0 saturated heterocycles. The molecule has 0 spiro atoms. The molecule has 7 heteroatoms. The number of thiophene rings is 1. The molecule has 1 aliphatic heterocycles. The molecule has 3 aromatic rings. The Morgan fingerprint density at radius 2 is 1.89 bits per heavy atom. The van der Waals surface area contributed by atoms with E-state index in [1.165, 1.54) is 11.1 Å². The predicted molar refractivity (Wildman–Crippen MR) is 167 cm³/mol. The molecule has 4 rings (SSSR count). The number of hydrazone groups is 1. The molecule has 1 aliphatic rings. The van der Waals surface area contributed by atoms with Crippen molar-refractivity contribution in [2.75, 3.05) is 11.6 Å². The number of benzene rings is 2. The van der Waals surface area contributed by atoms with Crippen LogP contribution in [0, 0.1) is 19.3 Å². The molecule has 2 heterocycles. The van der Waals surface area contributed by atoms with Crippen LogP contribution < -0.4 is 20.9 Å². The summed E-state index contributed by atoms with van der Waals surface area (Å²) in [5.41, 5.74) is 5.73. The maximum absolute atomic E-state index is 14.2. The van der Waals surface area contributed by atoms with Crippen molar-refractivity contribution in [3.05, 3.63) is 75.5 Å². The fourth-order valence-corrected chi connectivity index (χ4v) is 6.75. The number of amides is 1. The van der Waals surface area contributed by atoms with E-state index in [1.54, 1.807) is 11.3 Å². The molecule has 1 aromatic heterocycles. The van der Waals surface area contributed by atoms with Crippen LogP contribution in [0.25, 0.3) is 0 Å². The highest BCUT2D eigenvalue weighted by molar-refractivity contribution is 7.29. The van der Waals surface area contributed by atoms with E-state index in [4.69, 9.17) is 5.10 Å². The van der Waals surface area contributed by atoms with Gasteiger partial charge in [0.2, 0.25) is 5.91 Å². The van der Waals surface area contributed by atoms with Gasteiger partial charge in [0, 0.05) is 12.1 Å². The molecule has 1 N–H and O–H groups in total. The molecule has 2 aromatic carbocycles. The lowest BCUT2D eigenvalue weighted by Crippen LogP contribution is -2.57. The van der Waals surface area contributed by atoms with E-state index in [0.29, 0.717) is 6.54 Å². The molecule has 1 amide bonds. The molecule has 4 atom stereocenters. The van der Waals surface area contributed by atoms with Gasteiger partial charge < -0.3 is 5.32 Å². The quantitative estimate of drug-likeness (QED) is 0.286. The molecule has 0 fully saturated rings. The van der Waals surface area contributed by atoms with E-state index in [2.05, 4.69) is 112 Å². The highest BCUT2D eigenvalue weighted by Crippen LogP contribution is 2.45. The molecular weight excluding hydrogens is 512 g/mol. The van der Waals surface area contributed by atoms with Gasteiger partial charge >= 0.3 is 0 Å². The first kappa shape index (κ1) is 28.0. The van der Waals surface area contributed by atoms with Crippen molar-refractivity contribution in [1.29, 1.82) is 0 Å². The Bertz CT molecular complexity index is 1310. The van der Waals surface area contributed by atoms with Gasteiger partial charge in [-0.3, -0.25) is 4.79 Å². The zero-order valence-corrected chi connectivity index (χ0v) is 25.9. The Morgan fingerprint density at radius 1 is 1.14 bits per heavy atom. The van der Waals surface area contributed by atoms with Crippen molar-refractivity contribution >= 4 is 57.7 Å². The van der Waals surface area contributed by atoms with E-state index >= 15 is 0 Å². The maximum Gasteiger partial charge on any atom is 0.248 e. The van der Waals surface area contributed by atoms with Crippen LogP contribution in [-0.2, 0) is 4.79 Å². The minimum atomic E-state index is -0.941. The number of carbonyl (C=O) groups is 1. The highest BCUT2D eigenvalue weighted by atomic mass is 32.1. The normalized spacial score (nSPS) is 19.7. The van der Waals surface area contributed by atoms with Crippen molar-refractivity contribution < 1.29 is 4.79 Å². The molecule has 4 nitrogen and oxygen atoms in total. The number of hydrogen-bond acceptors (Lipinski definition) is 4. The lowest BCUT2D eigenvalue weighted by molar-refractivity contribution is -0.126. The standard InChI is InChI=1S/C30H39N3OP2S/c1-19-8-10-23(20(2)16-19)27-26(21-12-15-37-18-21)30(6,28(34)31-14-7-13-29(3,4)5)33(32-27)24-11-9-22(35)17-25(24)36/h8-12,15-18,26H,7,13-14,35-36H2,1-6H3,(H,31,34). The summed E-state index contributed by atoms with van der Waals surface area (Å²) in [5, 5.41) is 16.9. The third kappa shape index (κ3) is 5.85. The van der Waals surface area contributed by atoms with Crippen LogP contribution in [0.1, 0.15) is 68.7 Å². The van der Waals surface area contributed by atoms with Crippen molar-refractivity contribution in [3.8, 4) is 0 Å². The van der Waals surface area contributed by atoms with E-state index in [9.17, 15) is 4.79 Å². The molecule has 0 aliphatic carbocycles. The highest BCUT2D eigenvalue weighted by Gasteiger charge is 2.55. The number of carbonyl (C=O) groups excluding carboxylic acids is 1. The fourth-order valence-electron chi connectivity index (χ4n) is 5.19. The third-order valence-electron chi connectivity index (χ3n) is 7.15. The van der Waals surface area contributed by atoms with Crippen LogP contribution in [-0.4, -0.2) is 23.7 Å². The van der Waals surface area contributed by atoms with Gasteiger partial charge in [-0.25, -0.2) is 5.01 Å². The van der Waals surface area contributed by atoms with Gasteiger partial charge in [-0.15, -0.1) is 18.5 Å². The molecular formula is C30H39N3OP2S. The van der Waals surface area contributed by atoms with E-state index in [0.717, 1.165) is 46.0 Å². The average Bonchev–Trinajstić information content (AvgIpc) is 3.43. The van der Waals surface area contributed by atoms with Gasteiger partial charge in [-0.1, -0.05) is 50.6 Å². The van der Waals surface area contributed by atoms with Gasteiger partial charge in [0.1, 0.15) is 0 Å². The monoisotopic (exact) mass is 551 g/mol. The Labute approximate surface area is 230 Å². The van der Waals surface area contributed by atoms with Crippen LogP contribution in [0.2, 0.25) is 0 Å². The molecule has 0 bridgehead atoms. The van der Waals surface area contributed by atoms with E-state index in [-0.39, 0.29) is 17.2 Å². The number of rotatable bonds is 7. The first-order valence-corrected chi connectivity index (χ1v) is 14.9. The largest absolute Gasteiger partial charge is 0.354 e. The van der Waals surface area contributed by atoms with Crippen molar-refractivity contribution in [1.82, 2.24) is 5.32 Å². The van der Waals surface area contributed by atoms with Gasteiger partial charge in [0.15, 0.2) is 5.54 Å². The second-order valence-electron chi connectivity index (χ2n) is 11.5. The summed E-state index contributed by atoms with van der Waals surface area (Å²) in [6, 6.07) is 14.8. The van der Waals surface area contributed by atoms with Crippen molar-refractivity contribution in [2.45, 2.75) is 65.8 Å². The summed E-state index contributed by atoms with van der Waals surface area (Å²) in [7, 11) is 5.58. The Morgan fingerprint density at radius 3 is 2.51 bits per heavy atom. The maximum atomic E-state index is 14.2. The van der Waals surface area contributed by atoms with Crippen LogP contribution in [0.15, 0.2) is 58.3 Å². The minimum Gasteiger partial charge on any atom is -0.354 e. The predicted octanol–water partition coefficient (Wildman–Crippen LogP) is 6.08. The third-order valence-corrected chi connectivity index (χ3v) is 8.67. The second-order valence-corrected chi connectivity index (χ2v) is 13.6. The molecule has 196 valence electrons. The number of anilines is 1.